The number of hydrogen-bond donors (Lipinski definition) is 1. The summed E-state index contributed by atoms with van der Waals surface area (Å²) in [7, 11) is 0. The lowest BCUT2D eigenvalue weighted by atomic mass is 9.97. The van der Waals surface area contributed by atoms with Crippen molar-refractivity contribution in [2.45, 2.75) is 174 Å². The Bertz CT molecular complexity index is 528. The molecule has 0 aromatic rings. The molecule has 0 aromatic carbocycles. The van der Waals surface area contributed by atoms with E-state index in [1.165, 1.54) is 128 Å². The molecule has 4 nitrogen and oxygen atoms in total. The highest BCUT2D eigenvalue weighted by Gasteiger charge is 2.22. The first-order valence-electron chi connectivity index (χ1n) is 16.1. The number of carboxylic acid groups (broad SMARTS) is 1. The molecule has 0 aliphatic heterocycles. The maximum Gasteiger partial charge on any atom is 0.309 e. The molecule has 0 fully saturated rings. The summed E-state index contributed by atoms with van der Waals surface area (Å²) >= 11 is 0. The number of carbonyl (C=O) groups excluding carboxylic acids is 1. The van der Waals surface area contributed by atoms with Crippen LogP contribution in [0.5, 0.6) is 0 Å². The Hall–Kier alpha value is -1.32. The second-order valence-electron chi connectivity index (χ2n) is 11.0. The highest BCUT2D eigenvalue weighted by molar-refractivity contribution is 5.79. The normalized spacial score (nSPS) is 12.3. The van der Waals surface area contributed by atoms with Crippen LogP contribution in [0.25, 0.3) is 0 Å². The van der Waals surface area contributed by atoms with Gasteiger partial charge in [0.1, 0.15) is 0 Å². The minimum atomic E-state index is -0.919. The van der Waals surface area contributed by atoms with Gasteiger partial charge in [0.2, 0.25) is 0 Å². The quantitative estimate of drug-likeness (QED) is 0.0602. The van der Waals surface area contributed by atoms with Crippen molar-refractivity contribution < 1.29 is 19.4 Å². The summed E-state index contributed by atoms with van der Waals surface area (Å²) in [5.74, 6) is -1.75. The first-order chi connectivity index (χ1) is 18.1. The third-order valence-corrected chi connectivity index (χ3v) is 7.27. The zero-order valence-electron chi connectivity index (χ0n) is 24.8. The fourth-order valence-electron chi connectivity index (χ4n) is 4.89. The van der Waals surface area contributed by atoms with Crippen LogP contribution in [0.15, 0.2) is 12.2 Å². The van der Waals surface area contributed by atoms with Crippen LogP contribution in [-0.4, -0.2) is 23.7 Å². The van der Waals surface area contributed by atoms with E-state index in [1.54, 1.807) is 0 Å². The van der Waals surface area contributed by atoms with Crippen LogP contribution in [0, 0.1) is 5.92 Å². The first-order valence-corrected chi connectivity index (χ1v) is 16.1. The van der Waals surface area contributed by atoms with E-state index in [9.17, 15) is 9.59 Å². The van der Waals surface area contributed by atoms with Gasteiger partial charge in [-0.1, -0.05) is 142 Å². The Morgan fingerprint density at radius 3 is 1.41 bits per heavy atom. The number of unbranched alkanes of at least 4 members (excludes halogenated alkanes) is 20. The monoisotopic (exact) mass is 522 g/mol. The number of hydrogen-bond acceptors (Lipinski definition) is 3. The lowest BCUT2D eigenvalue weighted by Crippen LogP contribution is -2.21. The molecule has 0 bridgehead atoms. The average molecular weight is 523 g/mol. The van der Waals surface area contributed by atoms with Gasteiger partial charge in [0.25, 0.3) is 0 Å². The van der Waals surface area contributed by atoms with Crippen molar-refractivity contribution in [2.24, 2.45) is 5.92 Å². The Morgan fingerprint density at radius 2 is 1.00 bits per heavy atom. The molecule has 0 radical (unpaired) electrons. The van der Waals surface area contributed by atoms with E-state index in [4.69, 9.17) is 9.84 Å². The van der Waals surface area contributed by atoms with Gasteiger partial charge in [0, 0.05) is 0 Å². The largest absolute Gasteiger partial charge is 0.481 e. The molecule has 0 aliphatic rings. The summed E-state index contributed by atoms with van der Waals surface area (Å²) < 4.78 is 5.15. The summed E-state index contributed by atoms with van der Waals surface area (Å²) in [5, 5.41) is 9.03. The zero-order valence-corrected chi connectivity index (χ0v) is 24.8. The van der Waals surface area contributed by atoms with Crippen LogP contribution >= 0.6 is 0 Å². The second-order valence-corrected chi connectivity index (χ2v) is 11.0. The smallest absolute Gasteiger partial charge is 0.309 e. The van der Waals surface area contributed by atoms with Gasteiger partial charge in [-0.3, -0.25) is 9.59 Å². The van der Waals surface area contributed by atoms with Crippen molar-refractivity contribution in [2.75, 3.05) is 6.61 Å². The molecule has 218 valence electrons. The number of carboxylic acids is 1. The predicted octanol–water partition coefficient (Wildman–Crippen LogP) is 10.6. The fourth-order valence-corrected chi connectivity index (χ4v) is 4.89. The second kappa shape index (κ2) is 29.2. The Kier molecular flexibility index (Phi) is 28.2. The van der Waals surface area contributed by atoms with Gasteiger partial charge >= 0.3 is 11.9 Å². The molecule has 0 aliphatic carbocycles. The molecule has 0 saturated carbocycles. The maximum absolute atomic E-state index is 12.0. The van der Waals surface area contributed by atoms with Crippen molar-refractivity contribution in [1.82, 2.24) is 0 Å². The molecule has 0 aromatic heterocycles. The molecule has 37 heavy (non-hydrogen) atoms. The standard InChI is InChI=1S/C33H62O4/c1-3-5-6-7-8-9-10-11-12-13-14-15-16-17-18-19-20-21-22-23-24-25-26-27-28-31(30-32(34)35)33(36)37-29-4-2/h17-18,31H,3-16,19-30H2,1-2H3,(H,34,35)/b18-17+. The third-order valence-electron chi connectivity index (χ3n) is 7.27. The number of carbonyl (C=O) groups is 2. The van der Waals surface area contributed by atoms with Gasteiger partial charge < -0.3 is 9.84 Å². The molecular weight excluding hydrogens is 460 g/mol. The van der Waals surface area contributed by atoms with Gasteiger partial charge in [-0.25, -0.2) is 0 Å². The van der Waals surface area contributed by atoms with E-state index in [-0.39, 0.29) is 12.4 Å². The van der Waals surface area contributed by atoms with E-state index < -0.39 is 11.9 Å². The summed E-state index contributed by atoms with van der Waals surface area (Å²) in [5.41, 5.74) is 0. The zero-order chi connectivity index (χ0) is 27.2. The Labute approximate surface area is 230 Å². The number of rotatable bonds is 29. The van der Waals surface area contributed by atoms with E-state index in [0.29, 0.717) is 13.0 Å². The van der Waals surface area contributed by atoms with Gasteiger partial charge in [-0.15, -0.1) is 0 Å². The molecule has 0 heterocycles. The molecule has 1 N–H and O–H groups in total. The molecule has 1 atom stereocenters. The first kappa shape index (κ1) is 35.7. The lowest BCUT2D eigenvalue weighted by Gasteiger charge is -2.13. The van der Waals surface area contributed by atoms with Crippen LogP contribution in [0.1, 0.15) is 174 Å². The van der Waals surface area contributed by atoms with Crippen LogP contribution < -0.4 is 0 Å². The number of allylic oxidation sites excluding steroid dienone is 2. The molecule has 0 amide bonds. The summed E-state index contributed by atoms with van der Waals surface area (Å²) in [6.45, 7) is 4.61. The summed E-state index contributed by atoms with van der Waals surface area (Å²) in [6.07, 6.45) is 35.1. The van der Waals surface area contributed by atoms with Crippen molar-refractivity contribution in [3.63, 3.8) is 0 Å². The predicted molar refractivity (Wildman–Crippen MR) is 158 cm³/mol. The van der Waals surface area contributed by atoms with Crippen molar-refractivity contribution >= 4 is 11.9 Å². The molecule has 4 heteroatoms. The summed E-state index contributed by atoms with van der Waals surface area (Å²) in [6, 6.07) is 0. The highest BCUT2D eigenvalue weighted by Crippen LogP contribution is 2.18. The highest BCUT2D eigenvalue weighted by atomic mass is 16.5. The Balaban J connectivity index is 3.40. The van der Waals surface area contributed by atoms with Gasteiger partial charge in [-0.2, -0.15) is 0 Å². The van der Waals surface area contributed by atoms with Crippen LogP contribution in [0.3, 0.4) is 0 Å². The van der Waals surface area contributed by atoms with Crippen molar-refractivity contribution in [1.29, 1.82) is 0 Å². The maximum atomic E-state index is 12.0. The Morgan fingerprint density at radius 1 is 0.595 bits per heavy atom. The third kappa shape index (κ3) is 27.5. The van der Waals surface area contributed by atoms with Gasteiger partial charge in [0.05, 0.1) is 18.9 Å². The topological polar surface area (TPSA) is 63.6 Å². The molecule has 0 saturated heterocycles. The molecule has 1 unspecified atom stereocenters. The minimum Gasteiger partial charge on any atom is -0.481 e. The number of aliphatic carboxylic acids is 1. The SMILES string of the molecule is CCCCCCCCCCCCCC/C=C/CCCCCCCCCCC(CC(=O)O)C(=O)OCCC. The van der Waals surface area contributed by atoms with E-state index >= 15 is 0 Å². The number of ether oxygens (including phenoxy) is 1. The molecule has 0 spiro atoms. The lowest BCUT2D eigenvalue weighted by molar-refractivity contribution is -0.153. The fraction of sp³-hybridized carbons (Fsp3) is 0.879. The number of esters is 1. The van der Waals surface area contributed by atoms with Crippen LogP contribution in [0.2, 0.25) is 0 Å². The van der Waals surface area contributed by atoms with E-state index in [2.05, 4.69) is 19.1 Å². The summed E-state index contributed by atoms with van der Waals surface area (Å²) in [4.78, 5) is 23.0. The van der Waals surface area contributed by atoms with Gasteiger partial charge in [0.15, 0.2) is 0 Å². The van der Waals surface area contributed by atoms with E-state index in [0.717, 1.165) is 19.3 Å². The van der Waals surface area contributed by atoms with Crippen molar-refractivity contribution in [3.8, 4) is 0 Å². The van der Waals surface area contributed by atoms with Crippen LogP contribution in [-0.2, 0) is 14.3 Å². The molecule has 0 rings (SSSR count). The van der Waals surface area contributed by atoms with E-state index in [1.807, 2.05) is 6.92 Å². The van der Waals surface area contributed by atoms with Crippen LogP contribution in [0.4, 0.5) is 0 Å². The van der Waals surface area contributed by atoms with Gasteiger partial charge in [-0.05, 0) is 38.5 Å². The average Bonchev–Trinajstić information content (AvgIpc) is 2.88. The van der Waals surface area contributed by atoms with Crippen molar-refractivity contribution in [3.05, 3.63) is 12.2 Å². The molecular formula is C33H62O4. The minimum absolute atomic E-state index is 0.115.